The van der Waals surface area contributed by atoms with Gasteiger partial charge in [-0.3, -0.25) is 5.32 Å². The van der Waals surface area contributed by atoms with Crippen molar-refractivity contribution in [2.75, 3.05) is 24.2 Å². The molecule has 1 saturated heterocycles. The Balaban J connectivity index is 1.67. The molecule has 0 unspecified atom stereocenters. The van der Waals surface area contributed by atoms with Crippen molar-refractivity contribution in [2.45, 2.75) is 56.6 Å². The van der Waals surface area contributed by atoms with Crippen LogP contribution in [0.1, 0.15) is 52.3 Å². The predicted molar refractivity (Wildman–Crippen MR) is 94.2 cm³/mol. The van der Waals surface area contributed by atoms with Crippen LogP contribution in [-0.4, -0.2) is 52.3 Å². The molecule has 0 bridgehead atoms. The zero-order chi connectivity index (χ0) is 17.6. The fourth-order valence-electron chi connectivity index (χ4n) is 3.14. The quantitative estimate of drug-likeness (QED) is 0.817. The fraction of sp³-hybridized carbons (Fsp3) is 0.800. The number of carbonyl (C=O) groups is 1. The number of rotatable bonds is 1. The van der Waals surface area contributed by atoms with Crippen LogP contribution < -0.4 is 5.32 Å². The second kappa shape index (κ2) is 5.94. The second-order valence-corrected chi connectivity index (χ2v) is 11.0. The first-order valence-corrected chi connectivity index (χ1v) is 10.7. The summed E-state index contributed by atoms with van der Waals surface area (Å²) in [5.74, 6) is 0.735. The highest BCUT2D eigenvalue weighted by molar-refractivity contribution is 7.92. The SMILES string of the molecule is CC(C)(C)c1nsc(NC(=O)N2CCC3(CCC3)S(=O)(=O)CC2)n1. The van der Waals surface area contributed by atoms with Gasteiger partial charge in [-0.15, -0.1) is 0 Å². The summed E-state index contributed by atoms with van der Waals surface area (Å²) >= 11 is 1.15. The molecule has 9 heteroatoms. The fourth-order valence-corrected chi connectivity index (χ4v) is 6.09. The van der Waals surface area contributed by atoms with E-state index in [0.717, 1.165) is 30.8 Å². The maximum absolute atomic E-state index is 12.5. The molecule has 0 atom stereocenters. The van der Waals surface area contributed by atoms with E-state index in [1.54, 1.807) is 4.90 Å². The molecule has 0 radical (unpaired) electrons. The molecule has 2 amide bonds. The number of sulfone groups is 1. The number of carbonyl (C=O) groups excluding carboxylic acids is 1. The average molecular weight is 373 g/mol. The minimum Gasteiger partial charge on any atom is -0.323 e. The normalized spacial score (nSPS) is 22.7. The standard InChI is InChI=1S/C15H24N4O3S2/c1-14(2,3)11-16-12(23-18-11)17-13(20)19-8-7-15(5-4-6-15)24(21,22)10-9-19/h4-10H2,1-3H3,(H,16,17,18,20). The maximum Gasteiger partial charge on any atom is 0.323 e. The number of hydrogen-bond donors (Lipinski definition) is 1. The summed E-state index contributed by atoms with van der Waals surface area (Å²) < 4.78 is 28.6. The highest BCUT2D eigenvalue weighted by Crippen LogP contribution is 2.43. The second-order valence-electron chi connectivity index (χ2n) is 7.70. The number of hydrogen-bond acceptors (Lipinski definition) is 6. The van der Waals surface area contributed by atoms with Crippen molar-refractivity contribution in [2.24, 2.45) is 0 Å². The Labute approximate surface area is 146 Å². The number of urea groups is 1. The van der Waals surface area contributed by atoms with Crippen LogP contribution in [0.4, 0.5) is 9.93 Å². The van der Waals surface area contributed by atoms with E-state index in [9.17, 15) is 13.2 Å². The van der Waals surface area contributed by atoms with Crippen molar-refractivity contribution in [3.63, 3.8) is 0 Å². The van der Waals surface area contributed by atoms with Crippen LogP contribution in [0.25, 0.3) is 0 Å². The lowest BCUT2D eigenvalue weighted by Crippen LogP contribution is -2.46. The van der Waals surface area contributed by atoms with Crippen molar-refractivity contribution >= 4 is 32.5 Å². The minimum atomic E-state index is -3.12. The Kier molecular flexibility index (Phi) is 4.36. The van der Waals surface area contributed by atoms with Gasteiger partial charge in [0, 0.05) is 30.0 Å². The zero-order valence-corrected chi connectivity index (χ0v) is 16.0. The first-order valence-electron chi connectivity index (χ1n) is 8.25. The summed E-state index contributed by atoms with van der Waals surface area (Å²) in [4.78, 5) is 18.4. The summed E-state index contributed by atoms with van der Waals surface area (Å²) in [7, 11) is -3.12. The molecule has 2 aliphatic rings. The number of amides is 2. The van der Waals surface area contributed by atoms with E-state index < -0.39 is 14.6 Å². The van der Waals surface area contributed by atoms with Gasteiger partial charge in [0.05, 0.1) is 10.5 Å². The molecule has 1 aliphatic heterocycles. The molecule has 1 spiro atoms. The Morgan fingerprint density at radius 2 is 1.96 bits per heavy atom. The number of anilines is 1. The highest BCUT2D eigenvalue weighted by Gasteiger charge is 2.49. The minimum absolute atomic E-state index is 0.0454. The largest absolute Gasteiger partial charge is 0.323 e. The molecule has 1 aliphatic carbocycles. The molecule has 2 fully saturated rings. The number of aromatic nitrogens is 2. The smallest absolute Gasteiger partial charge is 0.323 e. The molecule has 0 aromatic carbocycles. The lowest BCUT2D eigenvalue weighted by molar-refractivity contribution is 0.209. The van der Waals surface area contributed by atoms with E-state index in [2.05, 4.69) is 14.7 Å². The number of nitrogens with one attached hydrogen (secondary N) is 1. The van der Waals surface area contributed by atoms with Gasteiger partial charge in [-0.1, -0.05) is 27.2 Å². The van der Waals surface area contributed by atoms with Gasteiger partial charge >= 0.3 is 6.03 Å². The Morgan fingerprint density at radius 1 is 1.25 bits per heavy atom. The molecule has 2 heterocycles. The van der Waals surface area contributed by atoms with Crippen molar-refractivity contribution in [3.05, 3.63) is 5.82 Å². The highest BCUT2D eigenvalue weighted by atomic mass is 32.2. The molecule has 1 N–H and O–H groups in total. The van der Waals surface area contributed by atoms with Gasteiger partial charge in [0.15, 0.2) is 9.84 Å². The third-order valence-corrected chi connectivity index (χ3v) is 8.27. The average Bonchev–Trinajstić information content (AvgIpc) is 2.82. The van der Waals surface area contributed by atoms with E-state index in [1.165, 1.54) is 0 Å². The lowest BCUT2D eigenvalue weighted by Gasteiger charge is -2.39. The van der Waals surface area contributed by atoms with Crippen molar-refractivity contribution < 1.29 is 13.2 Å². The van der Waals surface area contributed by atoms with Crippen molar-refractivity contribution in [1.29, 1.82) is 0 Å². The van der Waals surface area contributed by atoms with Crippen LogP contribution in [0.15, 0.2) is 0 Å². The first kappa shape index (κ1) is 17.6. The van der Waals surface area contributed by atoms with Gasteiger partial charge in [-0.2, -0.15) is 4.37 Å². The Bertz CT molecular complexity index is 732. The van der Waals surface area contributed by atoms with Crippen LogP contribution in [0.3, 0.4) is 0 Å². The summed E-state index contributed by atoms with van der Waals surface area (Å²) in [6, 6.07) is -0.293. The van der Waals surface area contributed by atoms with E-state index >= 15 is 0 Å². The van der Waals surface area contributed by atoms with Gasteiger partial charge in [0.1, 0.15) is 5.82 Å². The summed E-state index contributed by atoms with van der Waals surface area (Å²) in [5.41, 5.74) is -0.174. The van der Waals surface area contributed by atoms with E-state index in [4.69, 9.17) is 0 Å². The molecule has 1 aromatic heterocycles. The molecule has 134 valence electrons. The zero-order valence-electron chi connectivity index (χ0n) is 14.3. The van der Waals surface area contributed by atoms with Gasteiger partial charge < -0.3 is 4.90 Å². The molecule has 1 saturated carbocycles. The van der Waals surface area contributed by atoms with Gasteiger partial charge in [-0.05, 0) is 19.3 Å². The summed E-state index contributed by atoms with van der Waals surface area (Å²) in [6.07, 6.45) is 2.96. The van der Waals surface area contributed by atoms with Gasteiger partial charge in [0.2, 0.25) is 5.13 Å². The van der Waals surface area contributed by atoms with Crippen LogP contribution in [-0.2, 0) is 15.3 Å². The Morgan fingerprint density at radius 3 is 2.50 bits per heavy atom. The topological polar surface area (TPSA) is 92.3 Å². The molecule has 7 nitrogen and oxygen atoms in total. The number of nitrogens with zero attached hydrogens (tertiary/aromatic N) is 3. The first-order chi connectivity index (χ1) is 11.1. The lowest BCUT2D eigenvalue weighted by atomic mass is 9.81. The maximum atomic E-state index is 12.5. The predicted octanol–water partition coefficient (Wildman–Crippen LogP) is 2.41. The summed E-state index contributed by atoms with van der Waals surface area (Å²) in [6.45, 7) is 6.74. The van der Waals surface area contributed by atoms with E-state index in [0.29, 0.717) is 23.9 Å². The third kappa shape index (κ3) is 3.15. The van der Waals surface area contributed by atoms with Crippen LogP contribution in [0, 0.1) is 0 Å². The molecular formula is C15H24N4O3S2. The molecular weight excluding hydrogens is 348 g/mol. The van der Waals surface area contributed by atoms with E-state index in [1.807, 2.05) is 20.8 Å². The summed E-state index contributed by atoms with van der Waals surface area (Å²) in [5, 5.41) is 3.21. The van der Waals surface area contributed by atoms with Crippen LogP contribution in [0.5, 0.6) is 0 Å². The van der Waals surface area contributed by atoms with E-state index in [-0.39, 0.29) is 23.7 Å². The monoisotopic (exact) mass is 372 g/mol. The molecule has 1 aromatic rings. The van der Waals surface area contributed by atoms with Crippen LogP contribution >= 0.6 is 11.5 Å². The van der Waals surface area contributed by atoms with Gasteiger partial charge in [0.25, 0.3) is 0 Å². The Hall–Kier alpha value is -1.22. The van der Waals surface area contributed by atoms with Crippen molar-refractivity contribution in [3.8, 4) is 0 Å². The van der Waals surface area contributed by atoms with Crippen molar-refractivity contribution in [1.82, 2.24) is 14.3 Å². The molecule has 3 rings (SSSR count). The van der Waals surface area contributed by atoms with Gasteiger partial charge in [-0.25, -0.2) is 18.2 Å². The molecule has 24 heavy (non-hydrogen) atoms. The third-order valence-electron chi connectivity index (χ3n) is 4.99. The van der Waals surface area contributed by atoms with Crippen LogP contribution in [0.2, 0.25) is 0 Å².